The Hall–Kier alpha value is -1.35. The number of anilines is 1. The van der Waals surface area contributed by atoms with Crippen molar-refractivity contribution in [3.63, 3.8) is 0 Å². The highest BCUT2D eigenvalue weighted by Gasteiger charge is 2.09. The summed E-state index contributed by atoms with van der Waals surface area (Å²) in [6.07, 6.45) is 1.84. The molecule has 0 saturated carbocycles. The Balaban J connectivity index is 2.22. The summed E-state index contributed by atoms with van der Waals surface area (Å²) in [5.41, 5.74) is 3.88. The molecule has 0 aliphatic carbocycles. The van der Waals surface area contributed by atoms with E-state index < -0.39 is 0 Å². The van der Waals surface area contributed by atoms with E-state index in [2.05, 4.69) is 70.1 Å². The van der Waals surface area contributed by atoms with E-state index in [0.717, 1.165) is 17.7 Å². The monoisotopic (exact) mass is 304 g/mol. The average molecular weight is 305 g/mol. The first-order valence-corrected chi connectivity index (χ1v) is 7.10. The van der Waals surface area contributed by atoms with E-state index in [1.54, 1.807) is 0 Å². The number of benzene rings is 1. The molecule has 1 aromatic heterocycles. The molecule has 1 heterocycles. The molecule has 0 amide bonds. The van der Waals surface area contributed by atoms with Crippen molar-refractivity contribution in [3.8, 4) is 0 Å². The molecule has 2 rings (SSSR count). The number of aromatic nitrogens is 1. The quantitative estimate of drug-likeness (QED) is 0.796. The largest absolute Gasteiger partial charge is 0.355 e. The molecular weight excluding hydrogens is 288 g/mol. The average Bonchev–Trinajstić information content (AvgIpc) is 2.41. The van der Waals surface area contributed by atoms with Crippen LogP contribution in [0.15, 0.2) is 42.6 Å². The van der Waals surface area contributed by atoms with Crippen molar-refractivity contribution in [2.45, 2.75) is 18.8 Å². The summed E-state index contributed by atoms with van der Waals surface area (Å²) in [5, 5.41) is 0.828. The lowest BCUT2D eigenvalue weighted by molar-refractivity contribution is 0.883. The van der Waals surface area contributed by atoms with Gasteiger partial charge in [0.25, 0.3) is 0 Å². The van der Waals surface area contributed by atoms with Crippen molar-refractivity contribution >= 4 is 21.7 Å². The second-order valence-electron chi connectivity index (χ2n) is 4.40. The van der Waals surface area contributed by atoms with Gasteiger partial charge >= 0.3 is 0 Å². The summed E-state index contributed by atoms with van der Waals surface area (Å²) in [6.45, 7) is 3.02. The Morgan fingerprint density at radius 2 is 1.83 bits per heavy atom. The molecule has 2 aromatic rings. The molecule has 0 fully saturated rings. The first-order valence-electron chi connectivity index (χ1n) is 5.98. The number of alkyl halides is 1. The lowest BCUT2D eigenvalue weighted by Crippen LogP contribution is -2.19. The van der Waals surface area contributed by atoms with Crippen LogP contribution in [0.3, 0.4) is 0 Å². The zero-order valence-corrected chi connectivity index (χ0v) is 12.3. The normalized spacial score (nSPS) is 10.4. The predicted octanol–water partition coefficient (Wildman–Crippen LogP) is 3.92. The second-order valence-corrected chi connectivity index (χ2v) is 4.96. The molecule has 2 nitrogen and oxygen atoms in total. The Morgan fingerprint density at radius 1 is 1.11 bits per heavy atom. The molecule has 94 valence electrons. The molecular formula is C15H17BrN2. The highest BCUT2D eigenvalue weighted by atomic mass is 79.9. The zero-order valence-electron chi connectivity index (χ0n) is 10.7. The van der Waals surface area contributed by atoms with Gasteiger partial charge in [-0.05, 0) is 24.1 Å². The summed E-state index contributed by atoms with van der Waals surface area (Å²) in [4.78, 5) is 6.66. The van der Waals surface area contributed by atoms with Gasteiger partial charge in [0.15, 0.2) is 0 Å². The number of hydrogen-bond donors (Lipinski definition) is 0. The molecule has 0 aliphatic rings. The van der Waals surface area contributed by atoms with Crippen molar-refractivity contribution in [1.29, 1.82) is 0 Å². The zero-order chi connectivity index (χ0) is 13.0. The summed E-state index contributed by atoms with van der Waals surface area (Å²) in [7, 11) is 2.08. The lowest BCUT2D eigenvalue weighted by atomic mass is 10.1. The van der Waals surface area contributed by atoms with Crippen molar-refractivity contribution in [2.24, 2.45) is 0 Å². The molecule has 0 saturated heterocycles. The van der Waals surface area contributed by atoms with E-state index >= 15 is 0 Å². The van der Waals surface area contributed by atoms with Crippen LogP contribution in [-0.4, -0.2) is 12.0 Å². The second kappa shape index (κ2) is 6.01. The number of nitrogens with zero attached hydrogens (tertiary/aromatic N) is 2. The predicted molar refractivity (Wildman–Crippen MR) is 80.2 cm³/mol. The van der Waals surface area contributed by atoms with E-state index in [-0.39, 0.29) is 0 Å². The maximum absolute atomic E-state index is 4.47. The molecule has 0 radical (unpaired) electrons. The fraction of sp³-hybridized carbons (Fsp3) is 0.267. The molecule has 0 bridgehead atoms. The Bertz CT molecular complexity index is 525. The highest BCUT2D eigenvalue weighted by Crippen LogP contribution is 2.21. The lowest BCUT2D eigenvalue weighted by Gasteiger charge is -2.21. The van der Waals surface area contributed by atoms with E-state index in [0.29, 0.717) is 0 Å². The molecule has 0 unspecified atom stereocenters. The van der Waals surface area contributed by atoms with Crippen LogP contribution < -0.4 is 4.90 Å². The third kappa shape index (κ3) is 2.91. The molecule has 0 atom stereocenters. The molecule has 0 aliphatic heterocycles. The van der Waals surface area contributed by atoms with Gasteiger partial charge in [-0.2, -0.15) is 0 Å². The van der Waals surface area contributed by atoms with Crippen molar-refractivity contribution in [1.82, 2.24) is 4.98 Å². The van der Waals surface area contributed by atoms with E-state index in [4.69, 9.17) is 0 Å². The summed E-state index contributed by atoms with van der Waals surface area (Å²) in [5.74, 6) is 1.04. The number of hydrogen-bond acceptors (Lipinski definition) is 2. The molecule has 0 N–H and O–H groups in total. The van der Waals surface area contributed by atoms with Crippen LogP contribution in [0.2, 0.25) is 0 Å². The Labute approximate surface area is 117 Å². The van der Waals surface area contributed by atoms with Gasteiger partial charge in [0.05, 0.1) is 0 Å². The highest BCUT2D eigenvalue weighted by molar-refractivity contribution is 9.08. The van der Waals surface area contributed by atoms with Gasteiger partial charge in [-0.3, -0.25) is 0 Å². The van der Waals surface area contributed by atoms with Crippen molar-refractivity contribution in [3.05, 3.63) is 59.3 Å². The van der Waals surface area contributed by atoms with Crippen molar-refractivity contribution in [2.75, 3.05) is 11.9 Å². The standard InChI is InChI=1S/C15H17BrN2/c1-12-6-3-4-7-14(12)11-18(2)15-13(10-16)8-5-9-17-15/h3-9H,10-11H2,1-2H3. The SMILES string of the molecule is Cc1ccccc1CN(C)c1ncccc1CBr. The summed E-state index contributed by atoms with van der Waals surface area (Å²) in [6, 6.07) is 12.5. The van der Waals surface area contributed by atoms with Crippen LogP contribution >= 0.6 is 15.9 Å². The minimum atomic E-state index is 0.828. The maximum Gasteiger partial charge on any atom is 0.132 e. The summed E-state index contributed by atoms with van der Waals surface area (Å²) < 4.78 is 0. The van der Waals surface area contributed by atoms with Crippen LogP contribution in [0.1, 0.15) is 16.7 Å². The van der Waals surface area contributed by atoms with Crippen LogP contribution in [0.4, 0.5) is 5.82 Å². The van der Waals surface area contributed by atoms with Gasteiger partial charge in [-0.15, -0.1) is 0 Å². The number of aryl methyl sites for hydroxylation is 1. The summed E-state index contributed by atoms with van der Waals surface area (Å²) >= 11 is 3.51. The first kappa shape index (κ1) is 13.1. The van der Waals surface area contributed by atoms with Gasteiger partial charge in [0, 0.05) is 30.7 Å². The maximum atomic E-state index is 4.47. The number of halogens is 1. The fourth-order valence-electron chi connectivity index (χ4n) is 2.00. The van der Waals surface area contributed by atoms with E-state index in [1.165, 1.54) is 16.7 Å². The van der Waals surface area contributed by atoms with E-state index in [1.807, 2.05) is 12.3 Å². The molecule has 18 heavy (non-hydrogen) atoms. The molecule has 1 aromatic carbocycles. The van der Waals surface area contributed by atoms with Gasteiger partial charge < -0.3 is 4.90 Å². The van der Waals surface area contributed by atoms with Crippen LogP contribution in [0.5, 0.6) is 0 Å². The fourth-order valence-corrected chi connectivity index (χ4v) is 2.43. The van der Waals surface area contributed by atoms with Gasteiger partial charge in [0.1, 0.15) is 5.82 Å². The van der Waals surface area contributed by atoms with Crippen LogP contribution in [-0.2, 0) is 11.9 Å². The minimum absolute atomic E-state index is 0.828. The van der Waals surface area contributed by atoms with Gasteiger partial charge in [0.2, 0.25) is 0 Å². The molecule has 3 heteroatoms. The van der Waals surface area contributed by atoms with Crippen molar-refractivity contribution < 1.29 is 0 Å². The van der Waals surface area contributed by atoms with Gasteiger partial charge in [-0.25, -0.2) is 4.98 Å². The number of rotatable bonds is 4. The number of pyridine rings is 1. The Kier molecular flexibility index (Phi) is 4.37. The van der Waals surface area contributed by atoms with E-state index in [9.17, 15) is 0 Å². The Morgan fingerprint density at radius 3 is 2.56 bits per heavy atom. The van der Waals surface area contributed by atoms with Crippen LogP contribution in [0.25, 0.3) is 0 Å². The smallest absolute Gasteiger partial charge is 0.132 e. The third-order valence-electron chi connectivity index (χ3n) is 3.04. The third-order valence-corrected chi connectivity index (χ3v) is 3.65. The minimum Gasteiger partial charge on any atom is -0.355 e. The topological polar surface area (TPSA) is 16.1 Å². The van der Waals surface area contributed by atoms with Crippen LogP contribution in [0, 0.1) is 6.92 Å². The molecule has 0 spiro atoms. The first-order chi connectivity index (χ1) is 8.72. The van der Waals surface area contributed by atoms with Gasteiger partial charge in [-0.1, -0.05) is 46.3 Å².